The van der Waals surface area contributed by atoms with Gasteiger partial charge in [-0.25, -0.2) is 13.1 Å². The van der Waals surface area contributed by atoms with E-state index >= 15 is 0 Å². The number of rotatable bonds is 8. The van der Waals surface area contributed by atoms with Crippen molar-refractivity contribution >= 4 is 27.5 Å². The maximum atomic E-state index is 12.6. The van der Waals surface area contributed by atoms with Crippen molar-refractivity contribution in [2.45, 2.75) is 49.7 Å². The Morgan fingerprint density at radius 1 is 1.24 bits per heavy atom. The molecule has 0 saturated carbocycles. The summed E-state index contributed by atoms with van der Waals surface area (Å²) < 4.78 is 27.9. The van der Waals surface area contributed by atoms with Gasteiger partial charge in [0.25, 0.3) is 0 Å². The molecule has 0 atom stereocenters. The molecular formula is C15H26N2O2S2. The molecule has 0 radical (unpaired) electrons. The molecule has 0 amide bonds. The lowest BCUT2D eigenvalue weighted by molar-refractivity contribution is 0.521. The largest absolute Gasteiger partial charge is 0.399 e. The predicted molar refractivity (Wildman–Crippen MR) is 92.2 cm³/mol. The highest BCUT2D eigenvalue weighted by Crippen LogP contribution is 2.30. The summed E-state index contributed by atoms with van der Waals surface area (Å²) in [5.41, 5.74) is 7.00. The number of aryl methyl sites for hydroxylation is 1. The van der Waals surface area contributed by atoms with Gasteiger partial charge < -0.3 is 5.73 Å². The highest BCUT2D eigenvalue weighted by molar-refractivity contribution is 8.00. The zero-order valence-electron chi connectivity index (χ0n) is 13.3. The van der Waals surface area contributed by atoms with Gasteiger partial charge in [0.2, 0.25) is 10.0 Å². The lowest BCUT2D eigenvalue weighted by Gasteiger charge is -2.29. The molecule has 0 spiro atoms. The van der Waals surface area contributed by atoms with Crippen LogP contribution in [-0.4, -0.2) is 26.0 Å². The van der Waals surface area contributed by atoms with E-state index in [4.69, 9.17) is 5.73 Å². The Kier molecular flexibility index (Phi) is 6.56. The normalized spacial score (nSPS) is 12.6. The van der Waals surface area contributed by atoms with E-state index in [1.165, 1.54) is 0 Å². The molecule has 0 aliphatic carbocycles. The lowest BCUT2D eigenvalue weighted by atomic mass is 10.0. The van der Waals surface area contributed by atoms with Crippen molar-refractivity contribution in [3.8, 4) is 0 Å². The van der Waals surface area contributed by atoms with E-state index in [-0.39, 0.29) is 4.75 Å². The van der Waals surface area contributed by atoms with E-state index in [1.54, 1.807) is 30.0 Å². The zero-order valence-corrected chi connectivity index (χ0v) is 14.9. The van der Waals surface area contributed by atoms with Crippen LogP contribution in [0.15, 0.2) is 23.1 Å². The summed E-state index contributed by atoms with van der Waals surface area (Å²) >= 11 is 1.71. The average molecular weight is 331 g/mol. The first-order chi connectivity index (χ1) is 9.84. The third-order valence-electron chi connectivity index (χ3n) is 4.07. The van der Waals surface area contributed by atoms with E-state index in [0.717, 1.165) is 18.4 Å². The lowest BCUT2D eigenvalue weighted by Crippen LogP contribution is -2.39. The average Bonchev–Trinajstić information content (AvgIpc) is 2.49. The highest BCUT2D eigenvalue weighted by atomic mass is 32.2. The van der Waals surface area contributed by atoms with Gasteiger partial charge in [-0.05, 0) is 43.2 Å². The summed E-state index contributed by atoms with van der Waals surface area (Å²) in [5, 5.41) is 0. The molecule has 0 heterocycles. The Labute approximate surface area is 132 Å². The summed E-state index contributed by atoms with van der Waals surface area (Å²) in [5.74, 6) is 0. The Morgan fingerprint density at radius 2 is 1.86 bits per heavy atom. The SMILES string of the molecule is CCc1ccc(N)cc1S(=O)(=O)NCC(CC)(CC)SC. The third kappa shape index (κ3) is 4.37. The molecule has 6 heteroatoms. The molecule has 4 nitrogen and oxygen atoms in total. The van der Waals surface area contributed by atoms with Crippen LogP contribution < -0.4 is 10.5 Å². The summed E-state index contributed by atoms with van der Waals surface area (Å²) in [6, 6.07) is 5.06. The maximum Gasteiger partial charge on any atom is 0.240 e. The topological polar surface area (TPSA) is 72.2 Å². The molecule has 0 aromatic heterocycles. The van der Waals surface area contributed by atoms with Crippen molar-refractivity contribution in [1.29, 1.82) is 0 Å². The quantitative estimate of drug-likeness (QED) is 0.719. The van der Waals surface area contributed by atoms with Crippen LogP contribution in [0, 0.1) is 0 Å². The van der Waals surface area contributed by atoms with Crippen LogP contribution in [0.1, 0.15) is 39.2 Å². The number of nitrogen functional groups attached to an aromatic ring is 1. The van der Waals surface area contributed by atoms with Crippen molar-refractivity contribution in [3.05, 3.63) is 23.8 Å². The van der Waals surface area contributed by atoms with Crippen LogP contribution >= 0.6 is 11.8 Å². The second kappa shape index (κ2) is 7.51. The molecule has 21 heavy (non-hydrogen) atoms. The van der Waals surface area contributed by atoms with Gasteiger partial charge in [-0.2, -0.15) is 11.8 Å². The molecule has 120 valence electrons. The minimum absolute atomic E-state index is 0.0558. The fraction of sp³-hybridized carbons (Fsp3) is 0.600. The summed E-state index contributed by atoms with van der Waals surface area (Å²) in [6.45, 7) is 6.55. The van der Waals surface area contributed by atoms with Gasteiger partial charge in [0, 0.05) is 17.0 Å². The number of hydrogen-bond acceptors (Lipinski definition) is 4. The summed E-state index contributed by atoms with van der Waals surface area (Å²) in [4.78, 5) is 0.298. The molecule has 1 aromatic carbocycles. The van der Waals surface area contributed by atoms with Crippen molar-refractivity contribution in [1.82, 2.24) is 4.72 Å². The van der Waals surface area contributed by atoms with E-state index in [2.05, 4.69) is 18.6 Å². The minimum Gasteiger partial charge on any atom is -0.399 e. The van der Waals surface area contributed by atoms with E-state index < -0.39 is 10.0 Å². The van der Waals surface area contributed by atoms with Crippen LogP contribution in [0.2, 0.25) is 0 Å². The van der Waals surface area contributed by atoms with Crippen molar-refractivity contribution in [2.24, 2.45) is 0 Å². The maximum absolute atomic E-state index is 12.6. The number of nitrogens with two attached hydrogens (primary N) is 1. The van der Waals surface area contributed by atoms with E-state index in [0.29, 0.717) is 23.5 Å². The van der Waals surface area contributed by atoms with Gasteiger partial charge in [-0.15, -0.1) is 0 Å². The Hall–Kier alpha value is -0.720. The molecule has 0 aliphatic heterocycles. The molecule has 1 rings (SSSR count). The van der Waals surface area contributed by atoms with Gasteiger partial charge in [-0.3, -0.25) is 0 Å². The predicted octanol–water partition coefficient (Wildman–Crippen LogP) is 3.03. The van der Waals surface area contributed by atoms with Crippen LogP contribution in [0.25, 0.3) is 0 Å². The smallest absolute Gasteiger partial charge is 0.240 e. The second-order valence-electron chi connectivity index (χ2n) is 5.14. The third-order valence-corrected chi connectivity index (χ3v) is 7.14. The van der Waals surface area contributed by atoms with Crippen LogP contribution in [0.3, 0.4) is 0 Å². The fourth-order valence-electron chi connectivity index (χ4n) is 2.28. The van der Waals surface area contributed by atoms with Gasteiger partial charge in [0.1, 0.15) is 0 Å². The summed E-state index contributed by atoms with van der Waals surface area (Å²) in [6.07, 6.45) is 4.53. The molecular weight excluding hydrogens is 304 g/mol. The Bertz CT molecular complexity index is 559. The summed E-state index contributed by atoms with van der Waals surface area (Å²) in [7, 11) is -3.53. The Morgan fingerprint density at radius 3 is 2.33 bits per heavy atom. The van der Waals surface area contributed by atoms with Gasteiger partial charge in [0.15, 0.2) is 0 Å². The van der Waals surface area contributed by atoms with E-state index in [9.17, 15) is 8.42 Å². The van der Waals surface area contributed by atoms with Crippen LogP contribution in [0.5, 0.6) is 0 Å². The van der Waals surface area contributed by atoms with Gasteiger partial charge >= 0.3 is 0 Å². The molecule has 0 unspecified atom stereocenters. The minimum atomic E-state index is -3.53. The van der Waals surface area contributed by atoms with Gasteiger partial charge in [0.05, 0.1) is 4.90 Å². The number of sulfonamides is 1. The molecule has 0 fully saturated rings. The molecule has 1 aromatic rings. The zero-order chi connectivity index (χ0) is 16.1. The number of thioether (sulfide) groups is 1. The first kappa shape index (κ1) is 18.3. The number of nitrogens with one attached hydrogen (secondary N) is 1. The molecule has 0 aliphatic rings. The van der Waals surface area contributed by atoms with Crippen LogP contribution in [-0.2, 0) is 16.4 Å². The first-order valence-corrected chi connectivity index (χ1v) is 9.98. The van der Waals surface area contributed by atoms with Crippen molar-refractivity contribution < 1.29 is 8.42 Å². The number of hydrogen-bond donors (Lipinski definition) is 2. The second-order valence-corrected chi connectivity index (χ2v) is 8.15. The standard InChI is InChI=1S/C15H26N2O2S2/c1-5-12-8-9-13(16)10-14(12)21(18,19)17-11-15(6-2,7-3)20-4/h8-10,17H,5-7,11,16H2,1-4H3. The van der Waals surface area contributed by atoms with Crippen molar-refractivity contribution in [2.75, 3.05) is 18.5 Å². The van der Waals surface area contributed by atoms with Crippen LogP contribution in [0.4, 0.5) is 5.69 Å². The molecule has 0 bridgehead atoms. The monoisotopic (exact) mass is 330 g/mol. The van der Waals surface area contributed by atoms with Gasteiger partial charge in [-0.1, -0.05) is 26.8 Å². The fourth-order valence-corrected chi connectivity index (χ4v) is 4.63. The molecule has 0 saturated heterocycles. The van der Waals surface area contributed by atoms with E-state index in [1.807, 2.05) is 13.2 Å². The first-order valence-electron chi connectivity index (χ1n) is 7.27. The molecule has 3 N–H and O–H groups in total. The number of benzene rings is 1. The number of anilines is 1. The van der Waals surface area contributed by atoms with Crippen molar-refractivity contribution in [3.63, 3.8) is 0 Å². The highest BCUT2D eigenvalue weighted by Gasteiger charge is 2.28. The Balaban J connectivity index is 3.05.